The van der Waals surface area contributed by atoms with Gasteiger partial charge < -0.3 is 5.32 Å². The van der Waals surface area contributed by atoms with Crippen LogP contribution in [-0.2, 0) is 27.8 Å². The van der Waals surface area contributed by atoms with Crippen molar-refractivity contribution in [3.63, 3.8) is 0 Å². The predicted molar refractivity (Wildman–Crippen MR) is 104 cm³/mol. The molecule has 0 heterocycles. The summed E-state index contributed by atoms with van der Waals surface area (Å²) in [6.07, 6.45) is 1.40. The van der Waals surface area contributed by atoms with Gasteiger partial charge in [-0.2, -0.15) is 0 Å². The van der Waals surface area contributed by atoms with E-state index in [1.165, 1.54) is 10.4 Å². The maximum atomic E-state index is 13.7. The van der Waals surface area contributed by atoms with Crippen molar-refractivity contribution in [2.24, 2.45) is 0 Å². The highest BCUT2D eigenvalue weighted by Gasteiger charge is 2.18. The molecule has 1 amide bonds. The number of aryl methyl sites for hydroxylation is 1. The fraction of sp³-hybridized carbons (Fsp3) is 0.350. The van der Waals surface area contributed by atoms with Crippen LogP contribution in [0.2, 0.25) is 0 Å². The molecule has 0 aliphatic heterocycles. The average Bonchev–Trinajstić information content (AvgIpc) is 2.61. The zero-order valence-corrected chi connectivity index (χ0v) is 16.4. The third kappa shape index (κ3) is 6.77. The van der Waals surface area contributed by atoms with E-state index in [4.69, 9.17) is 0 Å². The first-order chi connectivity index (χ1) is 12.8. The van der Waals surface area contributed by atoms with Crippen LogP contribution in [0.1, 0.15) is 23.1 Å². The number of carbonyl (C=O) groups is 1. The van der Waals surface area contributed by atoms with Crippen LogP contribution in [-0.4, -0.2) is 38.0 Å². The van der Waals surface area contributed by atoms with Crippen molar-refractivity contribution in [3.05, 3.63) is 71.0 Å². The van der Waals surface area contributed by atoms with Gasteiger partial charge in [-0.3, -0.25) is 4.79 Å². The first-order valence-electron chi connectivity index (χ1n) is 8.77. The van der Waals surface area contributed by atoms with E-state index in [0.29, 0.717) is 12.1 Å². The largest absolute Gasteiger partial charge is 0.352 e. The van der Waals surface area contributed by atoms with Crippen LogP contribution in [0, 0.1) is 12.7 Å². The number of halogens is 1. The number of sulfonamides is 1. The molecule has 2 aromatic carbocycles. The van der Waals surface area contributed by atoms with Gasteiger partial charge >= 0.3 is 0 Å². The summed E-state index contributed by atoms with van der Waals surface area (Å²) in [7, 11) is -3.49. The second kappa shape index (κ2) is 9.62. The number of nitrogens with zero attached hydrogens (tertiary/aromatic N) is 1. The highest BCUT2D eigenvalue weighted by Crippen LogP contribution is 2.10. The van der Waals surface area contributed by atoms with Crippen LogP contribution < -0.4 is 5.32 Å². The molecule has 0 saturated heterocycles. The van der Waals surface area contributed by atoms with Crippen LogP contribution in [0.15, 0.2) is 48.5 Å². The van der Waals surface area contributed by atoms with E-state index >= 15 is 0 Å². The molecule has 0 unspecified atom stereocenters. The molecule has 2 aromatic rings. The Hall–Kier alpha value is -2.25. The van der Waals surface area contributed by atoms with Crippen molar-refractivity contribution < 1.29 is 17.6 Å². The summed E-state index contributed by atoms with van der Waals surface area (Å²) in [5, 5.41) is 2.81. The monoisotopic (exact) mass is 392 g/mol. The van der Waals surface area contributed by atoms with Gasteiger partial charge in [0.2, 0.25) is 15.9 Å². The Bertz CT molecular complexity index is 884. The molecule has 146 valence electrons. The van der Waals surface area contributed by atoms with E-state index < -0.39 is 10.0 Å². The fourth-order valence-corrected chi connectivity index (χ4v) is 3.55. The number of rotatable bonds is 9. The van der Waals surface area contributed by atoms with Crippen molar-refractivity contribution in [3.8, 4) is 0 Å². The number of benzene rings is 2. The normalized spacial score (nSPS) is 11.6. The van der Waals surface area contributed by atoms with Crippen molar-refractivity contribution in [2.75, 3.05) is 19.3 Å². The van der Waals surface area contributed by atoms with Crippen molar-refractivity contribution in [1.82, 2.24) is 9.62 Å². The quantitative estimate of drug-likeness (QED) is 0.713. The van der Waals surface area contributed by atoms with Gasteiger partial charge in [0.15, 0.2) is 0 Å². The number of hydrogen-bond acceptors (Lipinski definition) is 3. The SMILES string of the molecule is Cc1ccccc1CNC(=O)CCN(CCc1ccccc1F)S(C)(=O)=O. The molecule has 0 bridgehead atoms. The number of amides is 1. The predicted octanol–water partition coefficient (Wildman–Crippen LogP) is 2.64. The Morgan fingerprint density at radius 3 is 2.30 bits per heavy atom. The van der Waals surface area contributed by atoms with E-state index in [1.807, 2.05) is 31.2 Å². The molecule has 0 spiro atoms. The van der Waals surface area contributed by atoms with E-state index in [1.54, 1.807) is 18.2 Å². The Labute approximate surface area is 160 Å². The smallest absolute Gasteiger partial charge is 0.221 e. The Balaban J connectivity index is 1.88. The summed E-state index contributed by atoms with van der Waals surface area (Å²) >= 11 is 0. The summed E-state index contributed by atoms with van der Waals surface area (Å²) in [5.41, 5.74) is 2.56. The molecule has 0 radical (unpaired) electrons. The third-order valence-corrected chi connectivity index (χ3v) is 5.69. The Morgan fingerprint density at radius 1 is 1.04 bits per heavy atom. The molecule has 27 heavy (non-hydrogen) atoms. The fourth-order valence-electron chi connectivity index (χ4n) is 2.71. The summed E-state index contributed by atoms with van der Waals surface area (Å²) in [6.45, 7) is 2.56. The van der Waals surface area contributed by atoms with Gasteiger partial charge in [-0.15, -0.1) is 0 Å². The van der Waals surface area contributed by atoms with Gasteiger partial charge in [-0.1, -0.05) is 42.5 Å². The standard InChI is InChI=1S/C20H25FN2O3S/c1-16-7-3-4-9-18(16)15-22-20(24)12-14-23(27(2,25)26)13-11-17-8-5-6-10-19(17)21/h3-10H,11-15H2,1-2H3,(H,22,24). The van der Waals surface area contributed by atoms with Gasteiger partial charge in [0, 0.05) is 26.1 Å². The summed E-state index contributed by atoms with van der Waals surface area (Å²) in [4.78, 5) is 12.1. The van der Waals surface area contributed by atoms with E-state index in [-0.39, 0.29) is 37.7 Å². The maximum Gasteiger partial charge on any atom is 0.221 e. The van der Waals surface area contributed by atoms with Crippen molar-refractivity contribution in [1.29, 1.82) is 0 Å². The molecule has 0 aliphatic rings. The highest BCUT2D eigenvalue weighted by atomic mass is 32.2. The van der Waals surface area contributed by atoms with Gasteiger partial charge in [-0.25, -0.2) is 17.1 Å². The average molecular weight is 392 g/mol. The lowest BCUT2D eigenvalue weighted by molar-refractivity contribution is -0.121. The number of hydrogen-bond donors (Lipinski definition) is 1. The minimum absolute atomic E-state index is 0.0518. The summed E-state index contributed by atoms with van der Waals surface area (Å²) in [6, 6.07) is 14.0. The molecule has 2 rings (SSSR count). The Kier molecular flexibility index (Phi) is 7.50. The molecule has 0 atom stereocenters. The zero-order valence-electron chi connectivity index (χ0n) is 15.6. The zero-order chi connectivity index (χ0) is 19.9. The summed E-state index contributed by atoms with van der Waals surface area (Å²) < 4.78 is 38.9. The minimum Gasteiger partial charge on any atom is -0.352 e. The van der Waals surface area contributed by atoms with E-state index in [2.05, 4.69) is 5.32 Å². The molecule has 1 N–H and O–H groups in total. The molecule has 0 aromatic heterocycles. The van der Waals surface area contributed by atoms with Gasteiger partial charge in [-0.05, 0) is 36.1 Å². The number of carbonyl (C=O) groups excluding carboxylic acids is 1. The van der Waals surface area contributed by atoms with E-state index in [0.717, 1.165) is 17.4 Å². The lowest BCUT2D eigenvalue weighted by Crippen LogP contribution is -2.36. The van der Waals surface area contributed by atoms with Crippen LogP contribution >= 0.6 is 0 Å². The Morgan fingerprint density at radius 2 is 1.67 bits per heavy atom. The minimum atomic E-state index is -3.49. The van der Waals surface area contributed by atoms with Gasteiger partial charge in [0.1, 0.15) is 5.82 Å². The first kappa shape index (κ1) is 21.1. The van der Waals surface area contributed by atoms with Gasteiger partial charge in [0.25, 0.3) is 0 Å². The third-order valence-electron chi connectivity index (χ3n) is 4.38. The second-order valence-corrected chi connectivity index (χ2v) is 8.44. The molecular formula is C20H25FN2O3S. The maximum absolute atomic E-state index is 13.7. The highest BCUT2D eigenvalue weighted by molar-refractivity contribution is 7.88. The molecule has 5 nitrogen and oxygen atoms in total. The summed E-state index contributed by atoms with van der Waals surface area (Å²) in [5.74, 6) is -0.584. The lowest BCUT2D eigenvalue weighted by Gasteiger charge is -2.20. The molecule has 7 heteroatoms. The second-order valence-electron chi connectivity index (χ2n) is 6.46. The van der Waals surface area contributed by atoms with Crippen molar-refractivity contribution in [2.45, 2.75) is 26.3 Å². The van der Waals surface area contributed by atoms with Crippen LogP contribution in [0.5, 0.6) is 0 Å². The topological polar surface area (TPSA) is 66.5 Å². The van der Waals surface area contributed by atoms with Crippen LogP contribution in [0.3, 0.4) is 0 Å². The van der Waals surface area contributed by atoms with Crippen molar-refractivity contribution >= 4 is 15.9 Å². The van der Waals surface area contributed by atoms with Crippen LogP contribution in [0.4, 0.5) is 4.39 Å². The molecule has 0 saturated carbocycles. The first-order valence-corrected chi connectivity index (χ1v) is 10.6. The van der Waals surface area contributed by atoms with E-state index in [9.17, 15) is 17.6 Å². The van der Waals surface area contributed by atoms with Crippen LogP contribution in [0.25, 0.3) is 0 Å². The number of nitrogens with one attached hydrogen (secondary N) is 1. The molecule has 0 aliphatic carbocycles. The molecular weight excluding hydrogens is 367 g/mol. The lowest BCUT2D eigenvalue weighted by atomic mass is 10.1. The van der Waals surface area contributed by atoms with Gasteiger partial charge in [0.05, 0.1) is 6.26 Å². The molecule has 0 fully saturated rings.